The van der Waals surface area contributed by atoms with Crippen LogP contribution < -0.4 is 14.3 Å². The molecule has 0 amide bonds. The maximum absolute atomic E-state index is 15.9. The van der Waals surface area contributed by atoms with E-state index in [-0.39, 0.29) is 34.0 Å². The third-order valence-electron chi connectivity index (χ3n) is 6.05. The molecule has 3 heterocycles. The lowest BCUT2D eigenvalue weighted by Gasteiger charge is -2.28. The van der Waals surface area contributed by atoms with Crippen LogP contribution in [0.3, 0.4) is 0 Å². The van der Waals surface area contributed by atoms with Gasteiger partial charge < -0.3 is 14.6 Å². The summed E-state index contributed by atoms with van der Waals surface area (Å²) >= 11 is 4.19. The molecule has 1 atom stereocenters. The Kier molecular flexibility index (Phi) is 8.69. The van der Waals surface area contributed by atoms with E-state index in [1.165, 1.54) is 19.4 Å². The monoisotopic (exact) mass is 564 g/mol. The molecule has 0 saturated heterocycles. The summed E-state index contributed by atoms with van der Waals surface area (Å²) in [5, 5.41) is 20.3. The van der Waals surface area contributed by atoms with Gasteiger partial charge in [0.2, 0.25) is 0 Å². The second kappa shape index (κ2) is 12.2. The Morgan fingerprint density at radius 3 is 2.80 bits per heavy atom. The van der Waals surface area contributed by atoms with Crippen molar-refractivity contribution in [2.45, 2.75) is 26.7 Å². The van der Waals surface area contributed by atoms with E-state index in [1.807, 2.05) is 30.0 Å². The van der Waals surface area contributed by atoms with Gasteiger partial charge in [-0.2, -0.15) is 15.9 Å². The zero-order valence-corrected chi connectivity index (χ0v) is 23.0. The molecule has 0 bridgehead atoms. The summed E-state index contributed by atoms with van der Waals surface area (Å²) in [5.74, 6) is -1.14. The maximum Gasteiger partial charge on any atom is 0.283 e. The number of rotatable bonds is 9. The van der Waals surface area contributed by atoms with Gasteiger partial charge in [0.15, 0.2) is 11.6 Å². The van der Waals surface area contributed by atoms with Crippen molar-refractivity contribution < 1.29 is 18.7 Å². The molecule has 3 aromatic rings. The van der Waals surface area contributed by atoms with Crippen molar-refractivity contribution in [3.8, 4) is 11.9 Å². The Labute approximate surface area is 236 Å². The number of ether oxygens (including phenoxy) is 1. The molecule has 1 aromatic carbocycles. The molecule has 206 valence electrons. The summed E-state index contributed by atoms with van der Waals surface area (Å²) in [4.78, 5) is 13.4. The fourth-order valence-electron chi connectivity index (χ4n) is 4.12. The summed E-state index contributed by atoms with van der Waals surface area (Å²) in [5.41, 5.74) is 3.76. The number of thiol groups is 1. The Bertz CT molecular complexity index is 1560. The summed E-state index contributed by atoms with van der Waals surface area (Å²) in [6.45, 7) is 3.90. The highest BCUT2D eigenvalue weighted by atomic mass is 32.1. The number of imidazole rings is 1. The van der Waals surface area contributed by atoms with Gasteiger partial charge in [-0.25, -0.2) is 18.7 Å². The molecule has 4 rings (SSSR count). The fourth-order valence-corrected chi connectivity index (χ4v) is 4.38. The Morgan fingerprint density at radius 2 is 2.15 bits per heavy atom. The number of pyridine rings is 1. The molecule has 1 aliphatic heterocycles. The first-order valence-electron chi connectivity index (χ1n) is 12.3. The van der Waals surface area contributed by atoms with Gasteiger partial charge in [0, 0.05) is 40.7 Å². The van der Waals surface area contributed by atoms with Crippen molar-refractivity contribution in [3.05, 3.63) is 102 Å². The van der Waals surface area contributed by atoms with Crippen LogP contribution in [-0.2, 0) is 0 Å². The average Bonchev–Trinajstić information content (AvgIpc) is 3.49. The molecule has 9 nitrogen and oxygen atoms in total. The number of halogens is 2. The number of hydrogen-bond acceptors (Lipinski definition) is 8. The highest BCUT2D eigenvalue weighted by Crippen LogP contribution is 2.37. The van der Waals surface area contributed by atoms with Crippen LogP contribution in [0.2, 0.25) is 0 Å². The topological polar surface area (TPSA) is 110 Å². The van der Waals surface area contributed by atoms with Gasteiger partial charge in [-0.1, -0.05) is 25.5 Å². The van der Waals surface area contributed by atoms with Crippen molar-refractivity contribution in [3.63, 3.8) is 0 Å². The van der Waals surface area contributed by atoms with Gasteiger partial charge in [0.1, 0.15) is 30.4 Å². The van der Waals surface area contributed by atoms with Crippen molar-refractivity contribution in [1.82, 2.24) is 24.0 Å². The maximum atomic E-state index is 15.9. The van der Waals surface area contributed by atoms with Crippen molar-refractivity contribution >= 4 is 35.5 Å². The molecule has 0 spiro atoms. The molecule has 1 unspecified atom stereocenters. The number of benzene rings is 1. The molecular formula is C28H28F2N7O2S+. The van der Waals surface area contributed by atoms with Gasteiger partial charge in [-0.15, -0.1) is 0 Å². The van der Waals surface area contributed by atoms with E-state index in [0.717, 1.165) is 30.7 Å². The summed E-state index contributed by atoms with van der Waals surface area (Å²) in [6, 6.07) is 5.42. The molecule has 2 aromatic heterocycles. The van der Waals surface area contributed by atoms with E-state index in [9.17, 15) is 10.5 Å². The lowest BCUT2D eigenvalue weighted by Crippen LogP contribution is -2.42. The number of aromatic nitrogens is 3. The second-order valence-electron chi connectivity index (χ2n) is 8.68. The number of H-pyrrole nitrogens is 1. The van der Waals surface area contributed by atoms with E-state index in [0.29, 0.717) is 11.5 Å². The van der Waals surface area contributed by atoms with Gasteiger partial charge in [0.25, 0.3) is 11.6 Å². The van der Waals surface area contributed by atoms with Gasteiger partial charge in [0.05, 0.1) is 23.9 Å². The van der Waals surface area contributed by atoms with Crippen LogP contribution in [0.5, 0.6) is 5.88 Å². The van der Waals surface area contributed by atoms with Crippen LogP contribution in [-0.4, -0.2) is 32.2 Å². The van der Waals surface area contributed by atoms with Gasteiger partial charge >= 0.3 is 0 Å². The lowest BCUT2D eigenvalue weighted by molar-refractivity contribution is 0.0496. The molecule has 0 radical (unpaired) electrons. The predicted octanol–water partition coefficient (Wildman–Crippen LogP) is 6.49. The van der Waals surface area contributed by atoms with E-state index in [4.69, 9.17) is 4.74 Å². The molecular weight excluding hydrogens is 536 g/mol. The summed E-state index contributed by atoms with van der Waals surface area (Å²) < 4.78 is 34.7. The Balaban J connectivity index is 1.71. The quantitative estimate of drug-likeness (QED) is 0.134. The minimum Gasteiger partial charge on any atom is -0.477 e. The van der Waals surface area contributed by atoms with Gasteiger partial charge in [-0.05, 0) is 43.2 Å². The van der Waals surface area contributed by atoms with E-state index >= 15 is 8.78 Å². The summed E-state index contributed by atoms with van der Waals surface area (Å²) in [7, 11) is 1.32. The number of nitrogens with zero attached hydrogens (tertiary/aromatic N) is 5. The second-order valence-corrected chi connectivity index (χ2v) is 9.25. The first kappa shape index (κ1) is 28.6. The Morgan fingerprint density at radius 1 is 1.35 bits per heavy atom. The minimum atomic E-state index is -1.43. The molecule has 3 N–H and O–H groups in total. The third-order valence-corrected chi connectivity index (χ3v) is 6.37. The van der Waals surface area contributed by atoms with Crippen LogP contribution in [0.15, 0.2) is 73.0 Å². The van der Waals surface area contributed by atoms with Crippen LogP contribution in [0, 0.1) is 23.0 Å². The first-order chi connectivity index (χ1) is 19.2. The highest BCUT2D eigenvalue weighted by Gasteiger charge is 2.34. The number of aromatic amines is 1. The van der Waals surface area contributed by atoms with E-state index < -0.39 is 15.8 Å². The van der Waals surface area contributed by atoms with Crippen molar-refractivity contribution in [2.24, 2.45) is 0 Å². The number of anilines is 1. The number of hydrogen-bond donors (Lipinski definition) is 4. The van der Waals surface area contributed by atoms with Crippen molar-refractivity contribution in [1.29, 1.82) is 5.26 Å². The number of nitrogens with one attached hydrogen (secondary N) is 2. The minimum absolute atomic E-state index is 0.0500. The van der Waals surface area contributed by atoms with Crippen LogP contribution in [0.25, 0.3) is 11.3 Å². The number of unbranched alkanes of at least 4 members (excludes halogenated alkanes) is 1. The highest BCUT2D eigenvalue weighted by molar-refractivity contribution is 7.79. The number of methoxy groups -OCH3 is 1. The third kappa shape index (κ3) is 5.76. The molecule has 40 heavy (non-hydrogen) atoms. The van der Waals surface area contributed by atoms with Gasteiger partial charge in [-0.3, -0.25) is 0 Å². The van der Waals surface area contributed by atoms with Crippen LogP contribution >= 0.6 is 12.8 Å². The van der Waals surface area contributed by atoms with Crippen LogP contribution in [0.1, 0.15) is 43.6 Å². The first-order valence-corrected chi connectivity index (χ1v) is 12.7. The fraction of sp³-hybridized carbons (Fsp3) is 0.179. The zero-order valence-electron chi connectivity index (χ0n) is 22.1. The normalized spacial score (nSPS) is 15.9. The standard InChI is InChI=1S/C28H28F2N7O2S/c1-4-6-7-23(27-32-11-12-33-27)36-13-10-19(15-20(36)5-2)25-21(29)8-9-22(26(25)30)35-37(38,40)24-14-18(16-31)17-34-28(24)39-3/h5,7-15,17,35,38,40H,4,6H2,1-3H3,(H,32,33)/q+1/b20-5-,23-7-. The van der Waals surface area contributed by atoms with E-state index in [2.05, 4.69) is 40.1 Å². The van der Waals surface area contributed by atoms with E-state index in [1.54, 1.807) is 30.7 Å². The number of nitriles is 1. The summed E-state index contributed by atoms with van der Waals surface area (Å²) in [6.07, 6.45) is 15.3. The number of quaternary nitrogens is 1. The predicted molar refractivity (Wildman–Crippen MR) is 152 cm³/mol. The van der Waals surface area contributed by atoms with Crippen LogP contribution in [0.4, 0.5) is 20.2 Å². The largest absolute Gasteiger partial charge is 0.477 e. The molecule has 12 heteroatoms. The molecule has 0 fully saturated rings. The lowest BCUT2D eigenvalue weighted by atomic mass is 9.99. The number of allylic oxidation sites excluding steroid dienone is 5. The molecule has 0 aliphatic carbocycles. The smallest absolute Gasteiger partial charge is 0.283 e. The molecule has 0 saturated carbocycles. The average molecular weight is 565 g/mol. The molecule has 1 aliphatic rings. The van der Waals surface area contributed by atoms with Crippen molar-refractivity contribution in [2.75, 3.05) is 12.5 Å². The SMILES string of the molecule is C/C=C1/C=C(c2c(F)ccc(N[N+](O)(S)c3cc(C#N)cnc3OC)c2F)C=CN1/C(=C\CCC)c1ncc[nH]1. The Hall–Kier alpha value is -4.44. The zero-order chi connectivity index (χ0) is 28.9.